The van der Waals surface area contributed by atoms with Gasteiger partial charge in [0.2, 0.25) is 0 Å². The second-order valence-electron chi connectivity index (χ2n) is 4.39. The molecule has 1 heterocycles. The molecule has 0 aromatic rings. The highest BCUT2D eigenvalue weighted by molar-refractivity contribution is 8.07. The maximum absolute atomic E-state index is 5.62. The third-order valence-electron chi connectivity index (χ3n) is 2.77. The van der Waals surface area contributed by atoms with E-state index in [0.29, 0.717) is 4.75 Å². The second-order valence-corrected chi connectivity index (χ2v) is 5.95. The van der Waals surface area contributed by atoms with E-state index in [4.69, 9.17) is 4.74 Å². The number of ether oxygens (including phenoxy) is 1. The lowest BCUT2D eigenvalue weighted by Crippen LogP contribution is -2.10. The Morgan fingerprint density at radius 2 is 2.08 bits per heavy atom. The van der Waals surface area contributed by atoms with Crippen LogP contribution in [0.1, 0.15) is 39.0 Å². The molecule has 1 saturated heterocycles. The molecule has 2 fully saturated rings. The first-order chi connectivity index (χ1) is 6.29. The Hall–Kier alpha value is -0.110. The molecule has 1 unspecified atom stereocenters. The SMILES string of the molecule is CC1(COC=C2CCCCC2)CS1. The summed E-state index contributed by atoms with van der Waals surface area (Å²) in [7, 11) is 0. The van der Waals surface area contributed by atoms with Gasteiger partial charge in [-0.1, -0.05) is 6.42 Å². The molecule has 0 spiro atoms. The fraction of sp³-hybridized carbons (Fsp3) is 0.818. The Kier molecular flexibility index (Phi) is 2.87. The molecular formula is C11H18OS. The van der Waals surface area contributed by atoms with Gasteiger partial charge in [0.15, 0.2) is 0 Å². The zero-order valence-electron chi connectivity index (χ0n) is 8.34. The summed E-state index contributed by atoms with van der Waals surface area (Å²) in [5.74, 6) is 1.27. The van der Waals surface area contributed by atoms with Crippen LogP contribution in [0.25, 0.3) is 0 Å². The van der Waals surface area contributed by atoms with Crippen molar-refractivity contribution in [1.29, 1.82) is 0 Å². The summed E-state index contributed by atoms with van der Waals surface area (Å²) in [5, 5.41) is 0. The van der Waals surface area contributed by atoms with Crippen molar-refractivity contribution in [3.8, 4) is 0 Å². The van der Waals surface area contributed by atoms with Gasteiger partial charge in [0.05, 0.1) is 11.0 Å². The predicted octanol–water partition coefficient (Wildman–Crippen LogP) is 3.36. The molecule has 1 aliphatic heterocycles. The number of thioether (sulfide) groups is 1. The summed E-state index contributed by atoms with van der Waals surface area (Å²) >= 11 is 2.00. The Bertz CT molecular complexity index is 198. The standard InChI is InChI=1S/C11H18OS/c1-11(9-13-11)8-12-7-10-5-3-2-4-6-10/h7H,2-6,8-9H2,1H3. The van der Waals surface area contributed by atoms with Crippen molar-refractivity contribution in [1.82, 2.24) is 0 Å². The van der Waals surface area contributed by atoms with E-state index in [1.165, 1.54) is 43.4 Å². The number of hydrogen-bond donors (Lipinski definition) is 0. The third kappa shape index (κ3) is 2.94. The number of hydrogen-bond acceptors (Lipinski definition) is 2. The average Bonchev–Trinajstić information content (AvgIpc) is 2.86. The van der Waals surface area contributed by atoms with E-state index < -0.39 is 0 Å². The lowest BCUT2D eigenvalue weighted by Gasteiger charge is -2.14. The van der Waals surface area contributed by atoms with E-state index in [-0.39, 0.29) is 0 Å². The molecule has 0 bridgehead atoms. The smallest absolute Gasteiger partial charge is 0.102 e. The minimum absolute atomic E-state index is 0.450. The summed E-state index contributed by atoms with van der Waals surface area (Å²) < 4.78 is 6.07. The second kappa shape index (κ2) is 3.95. The van der Waals surface area contributed by atoms with Crippen LogP contribution >= 0.6 is 11.8 Å². The summed E-state index contributed by atoms with van der Waals surface area (Å²) in [5.41, 5.74) is 1.53. The molecule has 0 aromatic carbocycles. The molecule has 0 aromatic heterocycles. The van der Waals surface area contributed by atoms with Crippen molar-refractivity contribution in [3.63, 3.8) is 0 Å². The first-order valence-electron chi connectivity index (χ1n) is 5.22. The van der Waals surface area contributed by atoms with E-state index in [2.05, 4.69) is 6.92 Å². The fourth-order valence-electron chi connectivity index (χ4n) is 1.67. The number of allylic oxidation sites excluding steroid dienone is 1. The van der Waals surface area contributed by atoms with Crippen molar-refractivity contribution in [3.05, 3.63) is 11.8 Å². The molecule has 2 rings (SSSR count). The monoisotopic (exact) mass is 198 g/mol. The van der Waals surface area contributed by atoms with Crippen LogP contribution < -0.4 is 0 Å². The summed E-state index contributed by atoms with van der Waals surface area (Å²) in [6.07, 6.45) is 8.70. The van der Waals surface area contributed by atoms with Gasteiger partial charge >= 0.3 is 0 Å². The lowest BCUT2D eigenvalue weighted by atomic mass is 9.96. The van der Waals surface area contributed by atoms with Crippen LogP contribution in [0.4, 0.5) is 0 Å². The van der Waals surface area contributed by atoms with Gasteiger partial charge in [0.1, 0.15) is 6.61 Å². The topological polar surface area (TPSA) is 9.23 Å². The largest absolute Gasteiger partial charge is 0.500 e. The Morgan fingerprint density at radius 1 is 1.38 bits per heavy atom. The summed E-state index contributed by atoms with van der Waals surface area (Å²) in [6.45, 7) is 3.18. The van der Waals surface area contributed by atoms with Gasteiger partial charge < -0.3 is 4.74 Å². The molecular weight excluding hydrogens is 180 g/mol. The highest BCUT2D eigenvalue weighted by Crippen LogP contribution is 2.44. The quantitative estimate of drug-likeness (QED) is 0.508. The van der Waals surface area contributed by atoms with Crippen LogP contribution in [0.3, 0.4) is 0 Å². The maximum Gasteiger partial charge on any atom is 0.102 e. The number of rotatable bonds is 3. The van der Waals surface area contributed by atoms with E-state index >= 15 is 0 Å². The Balaban J connectivity index is 1.69. The van der Waals surface area contributed by atoms with Gasteiger partial charge in [-0.2, -0.15) is 0 Å². The summed E-state index contributed by atoms with van der Waals surface area (Å²) in [4.78, 5) is 0. The predicted molar refractivity (Wildman–Crippen MR) is 58.0 cm³/mol. The normalized spacial score (nSPS) is 32.8. The molecule has 13 heavy (non-hydrogen) atoms. The highest BCUT2D eigenvalue weighted by Gasteiger charge is 2.39. The Morgan fingerprint density at radius 3 is 2.69 bits per heavy atom. The minimum atomic E-state index is 0.450. The van der Waals surface area contributed by atoms with Crippen LogP contribution in [-0.2, 0) is 4.74 Å². The first kappa shape index (κ1) is 9.45. The van der Waals surface area contributed by atoms with Crippen molar-refractivity contribution in [2.24, 2.45) is 0 Å². The first-order valence-corrected chi connectivity index (χ1v) is 6.21. The minimum Gasteiger partial charge on any atom is -0.500 e. The zero-order valence-corrected chi connectivity index (χ0v) is 9.16. The molecule has 0 radical (unpaired) electrons. The molecule has 74 valence electrons. The zero-order chi connectivity index (χ0) is 9.15. The van der Waals surface area contributed by atoms with E-state index in [1.807, 2.05) is 18.0 Å². The van der Waals surface area contributed by atoms with Gasteiger partial charge in [-0.15, -0.1) is 11.8 Å². The fourth-order valence-corrected chi connectivity index (χ4v) is 2.15. The average molecular weight is 198 g/mol. The van der Waals surface area contributed by atoms with Crippen LogP contribution in [0.2, 0.25) is 0 Å². The van der Waals surface area contributed by atoms with Crippen molar-refractivity contribution >= 4 is 11.8 Å². The van der Waals surface area contributed by atoms with Gasteiger partial charge in [-0.3, -0.25) is 0 Å². The van der Waals surface area contributed by atoms with E-state index in [0.717, 1.165) is 6.61 Å². The van der Waals surface area contributed by atoms with Crippen LogP contribution in [0.15, 0.2) is 11.8 Å². The van der Waals surface area contributed by atoms with Crippen LogP contribution in [0.5, 0.6) is 0 Å². The molecule has 1 saturated carbocycles. The van der Waals surface area contributed by atoms with Gasteiger partial charge in [-0.05, 0) is 38.2 Å². The van der Waals surface area contributed by atoms with Crippen LogP contribution in [-0.4, -0.2) is 17.1 Å². The van der Waals surface area contributed by atoms with Crippen molar-refractivity contribution in [2.75, 3.05) is 12.4 Å². The van der Waals surface area contributed by atoms with Gasteiger partial charge in [0.25, 0.3) is 0 Å². The van der Waals surface area contributed by atoms with Crippen LogP contribution in [0, 0.1) is 0 Å². The molecule has 0 N–H and O–H groups in total. The molecule has 2 heteroatoms. The molecule has 0 amide bonds. The Labute approximate surface area is 84.9 Å². The van der Waals surface area contributed by atoms with Crippen molar-refractivity contribution < 1.29 is 4.74 Å². The van der Waals surface area contributed by atoms with Crippen molar-refractivity contribution in [2.45, 2.75) is 43.8 Å². The van der Waals surface area contributed by atoms with Gasteiger partial charge in [-0.25, -0.2) is 0 Å². The van der Waals surface area contributed by atoms with E-state index in [1.54, 1.807) is 0 Å². The molecule has 1 atom stereocenters. The van der Waals surface area contributed by atoms with E-state index in [9.17, 15) is 0 Å². The molecule has 1 aliphatic carbocycles. The summed E-state index contributed by atoms with van der Waals surface area (Å²) in [6, 6.07) is 0. The van der Waals surface area contributed by atoms with Gasteiger partial charge in [0, 0.05) is 5.75 Å². The maximum atomic E-state index is 5.62. The highest BCUT2D eigenvalue weighted by atomic mass is 32.2. The third-order valence-corrected chi connectivity index (χ3v) is 4.16. The molecule has 2 aliphatic rings. The lowest BCUT2D eigenvalue weighted by molar-refractivity contribution is 0.230. The molecule has 1 nitrogen and oxygen atoms in total.